The molecule has 0 saturated heterocycles. The van der Waals surface area contributed by atoms with Gasteiger partial charge in [-0.1, -0.05) is 38.1 Å². The van der Waals surface area contributed by atoms with Gasteiger partial charge in [-0.2, -0.15) is 8.42 Å². The van der Waals surface area contributed by atoms with Crippen LogP contribution in [0.15, 0.2) is 76.7 Å². The monoisotopic (exact) mass is 658 g/mol. The van der Waals surface area contributed by atoms with Crippen LogP contribution in [0.5, 0.6) is 17.2 Å². The van der Waals surface area contributed by atoms with Crippen molar-refractivity contribution < 1.29 is 35.6 Å². The van der Waals surface area contributed by atoms with Gasteiger partial charge in [0.15, 0.2) is 16.9 Å². The number of fused-ring (bicyclic) bond motifs is 1. The molecule has 0 bridgehead atoms. The molecule has 4 aromatic rings. The van der Waals surface area contributed by atoms with Crippen LogP contribution < -0.4 is 14.2 Å². The lowest BCUT2D eigenvalue weighted by Gasteiger charge is -2.18. The molecule has 0 saturated carbocycles. The minimum atomic E-state index is -4.61. The number of ether oxygens (including phenoxy) is 3. The summed E-state index contributed by atoms with van der Waals surface area (Å²) >= 11 is 0. The maximum absolute atomic E-state index is 14.1. The first-order chi connectivity index (χ1) is 21.3. The average molecular weight is 659 g/mol. The molecule has 0 radical (unpaired) electrons. The lowest BCUT2D eigenvalue weighted by molar-refractivity contribution is 0.264. The number of likely N-dealkylation sites (N-methyl/N-ethyl adjacent to an activating group) is 1. The summed E-state index contributed by atoms with van der Waals surface area (Å²) in [5.41, 5.74) is 2.06. The molecule has 0 aliphatic heterocycles. The summed E-state index contributed by atoms with van der Waals surface area (Å²) in [6, 6.07) is 18.9. The second kappa shape index (κ2) is 14.2. The molecule has 0 fully saturated rings. The Kier molecular flexibility index (Phi) is 10.9. The molecule has 0 spiro atoms. The van der Waals surface area contributed by atoms with Crippen molar-refractivity contribution in [3.8, 4) is 17.2 Å². The molecule has 1 N–H and O–H groups in total. The molecular formula is C33H42N2O8S2. The summed E-state index contributed by atoms with van der Waals surface area (Å²) in [7, 11) is -3.52. The molecular weight excluding hydrogens is 617 g/mol. The van der Waals surface area contributed by atoms with Crippen LogP contribution >= 0.6 is 0 Å². The summed E-state index contributed by atoms with van der Waals surface area (Å²) in [4.78, 5) is 2.22. The fourth-order valence-corrected chi connectivity index (χ4v) is 7.83. The predicted octanol–water partition coefficient (Wildman–Crippen LogP) is 5.96. The van der Waals surface area contributed by atoms with Crippen molar-refractivity contribution in [2.75, 3.05) is 41.0 Å². The zero-order chi connectivity index (χ0) is 32.9. The first-order valence-electron chi connectivity index (χ1n) is 14.8. The third-order valence-corrected chi connectivity index (χ3v) is 10.7. The quantitative estimate of drug-likeness (QED) is 0.122. The molecule has 10 nitrogen and oxygen atoms in total. The van der Waals surface area contributed by atoms with E-state index in [2.05, 4.69) is 4.90 Å². The van der Waals surface area contributed by atoms with Crippen molar-refractivity contribution >= 4 is 30.9 Å². The number of sulfone groups is 1. The van der Waals surface area contributed by atoms with Gasteiger partial charge in [-0.05, 0) is 86.3 Å². The van der Waals surface area contributed by atoms with Crippen LogP contribution in [-0.2, 0) is 26.4 Å². The molecule has 3 aromatic carbocycles. The third kappa shape index (κ3) is 7.63. The third-order valence-electron chi connectivity index (χ3n) is 7.85. The van der Waals surface area contributed by atoms with Crippen LogP contribution in [-0.4, -0.2) is 71.8 Å². The number of benzene rings is 3. The Bertz CT molecular complexity index is 1830. The Hall–Kier alpha value is -3.58. The summed E-state index contributed by atoms with van der Waals surface area (Å²) in [6.45, 7) is 7.10. The Morgan fingerprint density at radius 1 is 0.867 bits per heavy atom. The van der Waals surface area contributed by atoms with Gasteiger partial charge in [0.25, 0.3) is 10.1 Å². The number of methoxy groups -OCH3 is 2. The van der Waals surface area contributed by atoms with E-state index < -0.39 is 25.3 Å². The topological polar surface area (TPSA) is 124 Å². The Balaban J connectivity index is 1.44. The summed E-state index contributed by atoms with van der Waals surface area (Å²) < 4.78 is 80.4. The van der Waals surface area contributed by atoms with Crippen molar-refractivity contribution in [1.29, 1.82) is 0 Å². The molecule has 244 valence electrons. The first kappa shape index (κ1) is 34.3. The van der Waals surface area contributed by atoms with E-state index in [0.29, 0.717) is 40.3 Å². The highest BCUT2D eigenvalue weighted by atomic mass is 32.2. The molecule has 4 rings (SSSR count). The minimum Gasteiger partial charge on any atom is -0.494 e. The molecule has 1 heterocycles. The van der Waals surface area contributed by atoms with Crippen molar-refractivity contribution in [2.45, 2.75) is 54.8 Å². The van der Waals surface area contributed by atoms with Crippen LogP contribution in [0.4, 0.5) is 0 Å². The van der Waals surface area contributed by atoms with Gasteiger partial charge < -0.3 is 23.7 Å². The Labute approximate surface area is 266 Å². The van der Waals surface area contributed by atoms with E-state index in [-0.39, 0.29) is 15.8 Å². The second-order valence-corrected chi connectivity index (χ2v) is 14.9. The van der Waals surface area contributed by atoms with E-state index in [1.165, 1.54) is 23.6 Å². The highest BCUT2D eigenvalue weighted by Crippen LogP contribution is 2.40. The largest absolute Gasteiger partial charge is 0.494 e. The summed E-state index contributed by atoms with van der Waals surface area (Å²) in [5.74, 6) is 1.69. The number of hydrogen-bond donors (Lipinski definition) is 1. The Morgan fingerprint density at radius 3 is 2.16 bits per heavy atom. The van der Waals surface area contributed by atoms with Crippen molar-refractivity contribution in [2.24, 2.45) is 0 Å². The molecule has 1 unspecified atom stereocenters. The number of para-hydroxylation sites is 1. The smallest absolute Gasteiger partial charge is 0.286 e. The van der Waals surface area contributed by atoms with Crippen molar-refractivity contribution in [1.82, 2.24) is 9.47 Å². The van der Waals surface area contributed by atoms with Gasteiger partial charge in [0, 0.05) is 18.5 Å². The standard InChI is InChI=1S/C33H42N2O8S2/c1-23(2)32-28-10-7-8-11-29(28)35(24(3)45(38,39)40)33(32)44(36,37)27-15-13-26(14-16-27)43-21-9-19-34(4)20-18-25-12-17-30(41-5)31(22-25)42-6/h7-8,10-17,22-24H,9,18-21H2,1-6H3,(H,38,39,40). The maximum atomic E-state index is 14.1. The van der Waals surface area contributed by atoms with Crippen LogP contribution in [0.25, 0.3) is 10.9 Å². The van der Waals surface area contributed by atoms with Gasteiger partial charge in [-0.25, -0.2) is 8.42 Å². The van der Waals surface area contributed by atoms with Crippen molar-refractivity contribution in [3.05, 3.63) is 77.9 Å². The van der Waals surface area contributed by atoms with Crippen LogP contribution in [0.3, 0.4) is 0 Å². The average Bonchev–Trinajstić information content (AvgIpc) is 3.37. The SMILES string of the molecule is COc1ccc(CCN(C)CCCOc2ccc(S(=O)(=O)c3c(C(C)C)c4ccccc4n3C(C)S(=O)(=O)O)cc2)cc1OC. The van der Waals surface area contributed by atoms with Gasteiger partial charge in [0.1, 0.15) is 10.8 Å². The number of rotatable bonds is 15. The summed E-state index contributed by atoms with van der Waals surface area (Å²) in [5, 5.41) is -1.04. The molecule has 1 aromatic heterocycles. The van der Waals surface area contributed by atoms with Gasteiger partial charge in [0.2, 0.25) is 9.84 Å². The van der Waals surface area contributed by atoms with Crippen LogP contribution in [0, 0.1) is 0 Å². The van der Waals surface area contributed by atoms with Gasteiger partial charge in [-0.3, -0.25) is 4.55 Å². The Morgan fingerprint density at radius 2 is 1.53 bits per heavy atom. The van der Waals surface area contributed by atoms with Crippen LogP contribution in [0.1, 0.15) is 49.6 Å². The highest BCUT2D eigenvalue weighted by Gasteiger charge is 2.35. The zero-order valence-corrected chi connectivity index (χ0v) is 28.2. The minimum absolute atomic E-state index is 0.00163. The first-order valence-corrected chi connectivity index (χ1v) is 17.7. The van der Waals surface area contributed by atoms with E-state index in [9.17, 15) is 21.4 Å². The number of hydrogen-bond acceptors (Lipinski definition) is 8. The summed E-state index contributed by atoms with van der Waals surface area (Å²) in [6.07, 6.45) is 1.63. The normalized spacial score (nSPS) is 13.0. The van der Waals surface area contributed by atoms with Crippen LogP contribution in [0.2, 0.25) is 0 Å². The van der Waals surface area contributed by atoms with E-state index in [0.717, 1.165) is 31.5 Å². The lowest BCUT2D eigenvalue weighted by atomic mass is 10.0. The molecule has 0 aliphatic carbocycles. The molecule has 0 aliphatic rings. The van der Waals surface area contributed by atoms with Crippen molar-refractivity contribution in [3.63, 3.8) is 0 Å². The predicted molar refractivity (Wildman–Crippen MR) is 175 cm³/mol. The van der Waals surface area contributed by atoms with E-state index in [1.54, 1.807) is 50.6 Å². The number of nitrogens with zero attached hydrogens (tertiary/aromatic N) is 2. The molecule has 12 heteroatoms. The van der Waals surface area contributed by atoms with E-state index in [1.807, 2.05) is 39.1 Å². The zero-order valence-electron chi connectivity index (χ0n) is 26.6. The fraction of sp³-hybridized carbons (Fsp3) is 0.394. The van der Waals surface area contributed by atoms with E-state index in [4.69, 9.17) is 14.2 Å². The maximum Gasteiger partial charge on any atom is 0.286 e. The van der Waals surface area contributed by atoms with Gasteiger partial charge in [-0.15, -0.1) is 0 Å². The fourth-order valence-electron chi connectivity index (χ4n) is 5.41. The molecule has 45 heavy (non-hydrogen) atoms. The highest BCUT2D eigenvalue weighted by molar-refractivity contribution is 7.91. The van der Waals surface area contributed by atoms with E-state index >= 15 is 0 Å². The number of aromatic nitrogens is 1. The second-order valence-electron chi connectivity index (χ2n) is 11.3. The van der Waals surface area contributed by atoms with Gasteiger partial charge >= 0.3 is 0 Å². The molecule has 0 amide bonds. The lowest BCUT2D eigenvalue weighted by Crippen LogP contribution is -2.23. The molecule has 1 atom stereocenters. The van der Waals surface area contributed by atoms with Gasteiger partial charge in [0.05, 0.1) is 31.2 Å².